The largest absolute Gasteiger partial charge is 0.389 e. The van der Waals surface area contributed by atoms with Crippen molar-refractivity contribution in [1.29, 1.82) is 0 Å². The topological polar surface area (TPSA) is 36.4 Å². The van der Waals surface area contributed by atoms with Gasteiger partial charge in [-0.05, 0) is 42.9 Å². The van der Waals surface area contributed by atoms with E-state index in [1.807, 2.05) is 12.1 Å². The molecule has 0 radical (unpaired) electrons. The summed E-state index contributed by atoms with van der Waals surface area (Å²) in [7, 11) is 0. The van der Waals surface area contributed by atoms with E-state index in [2.05, 4.69) is 23.7 Å². The van der Waals surface area contributed by atoms with E-state index >= 15 is 0 Å². The summed E-state index contributed by atoms with van der Waals surface area (Å²) in [6, 6.07) is 3.90. The van der Waals surface area contributed by atoms with Gasteiger partial charge in [0.1, 0.15) is 5.82 Å². The highest BCUT2D eigenvalue weighted by Crippen LogP contribution is 2.35. The maximum Gasteiger partial charge on any atom is 0.128 e. The molecule has 1 aliphatic rings. The van der Waals surface area contributed by atoms with Gasteiger partial charge in [-0.3, -0.25) is 0 Å². The fourth-order valence-electron chi connectivity index (χ4n) is 2.50. The third-order valence-corrected chi connectivity index (χ3v) is 4.40. The molecule has 0 spiro atoms. The molecule has 3 nitrogen and oxygen atoms in total. The third kappa shape index (κ3) is 2.83. The first-order valence-corrected chi connectivity index (χ1v) is 6.93. The van der Waals surface area contributed by atoms with Crippen LogP contribution >= 0.6 is 0 Å². The van der Waals surface area contributed by atoms with Crippen molar-refractivity contribution in [3.05, 3.63) is 23.9 Å². The van der Waals surface area contributed by atoms with Crippen LogP contribution in [0.3, 0.4) is 0 Å². The number of hydrogen-bond acceptors (Lipinski definition) is 3. The van der Waals surface area contributed by atoms with Crippen LogP contribution in [0, 0.1) is 5.41 Å². The quantitative estimate of drug-likeness (QED) is 0.892. The molecule has 0 saturated carbocycles. The minimum atomic E-state index is -0.419. The molecule has 1 saturated heterocycles. The second-order valence-electron chi connectivity index (χ2n) is 5.77. The Labute approximate surface area is 110 Å². The van der Waals surface area contributed by atoms with Crippen LogP contribution in [0.15, 0.2) is 18.3 Å². The van der Waals surface area contributed by atoms with Crippen LogP contribution in [0.25, 0.3) is 0 Å². The van der Waals surface area contributed by atoms with Gasteiger partial charge < -0.3 is 10.0 Å². The van der Waals surface area contributed by atoms with Crippen LogP contribution in [-0.4, -0.2) is 23.2 Å². The Kier molecular flexibility index (Phi) is 3.91. The fourth-order valence-corrected chi connectivity index (χ4v) is 2.50. The van der Waals surface area contributed by atoms with Crippen LogP contribution in [0.4, 0.5) is 5.82 Å². The van der Waals surface area contributed by atoms with Crippen molar-refractivity contribution in [2.45, 2.75) is 46.1 Å². The van der Waals surface area contributed by atoms with Crippen LogP contribution < -0.4 is 4.90 Å². The van der Waals surface area contributed by atoms with E-state index in [0.717, 1.165) is 24.5 Å². The number of pyridine rings is 1. The average Bonchev–Trinajstić information content (AvgIpc) is 2.40. The molecule has 0 bridgehead atoms. The summed E-state index contributed by atoms with van der Waals surface area (Å²) in [5.74, 6) is 1.01. The minimum absolute atomic E-state index is 0.419. The van der Waals surface area contributed by atoms with E-state index < -0.39 is 6.10 Å². The summed E-state index contributed by atoms with van der Waals surface area (Å²) in [4.78, 5) is 6.77. The highest BCUT2D eigenvalue weighted by molar-refractivity contribution is 5.42. The smallest absolute Gasteiger partial charge is 0.128 e. The zero-order valence-corrected chi connectivity index (χ0v) is 11.7. The summed E-state index contributed by atoms with van der Waals surface area (Å²) in [6.45, 7) is 8.59. The number of piperidine rings is 1. The number of anilines is 1. The Hall–Kier alpha value is -1.09. The highest BCUT2D eigenvalue weighted by atomic mass is 16.3. The van der Waals surface area contributed by atoms with Gasteiger partial charge in [0.15, 0.2) is 0 Å². The van der Waals surface area contributed by atoms with Crippen molar-refractivity contribution < 1.29 is 5.11 Å². The predicted molar refractivity (Wildman–Crippen MR) is 74.7 cm³/mol. The second kappa shape index (κ2) is 5.27. The summed E-state index contributed by atoms with van der Waals surface area (Å²) in [5, 5.41) is 9.62. The molecule has 1 aliphatic heterocycles. The van der Waals surface area contributed by atoms with Crippen molar-refractivity contribution in [2.24, 2.45) is 5.41 Å². The van der Waals surface area contributed by atoms with Crippen molar-refractivity contribution in [2.75, 3.05) is 18.0 Å². The number of aromatic nitrogens is 1. The first-order valence-electron chi connectivity index (χ1n) is 6.93. The standard InChI is InChI=1S/C15H24N2O/c1-4-15(3)6-9-17(10-7-15)14-11-13(12(2)18)5-8-16-14/h5,8,11-12,18H,4,6-7,9-10H2,1-3H3/t12-/m0/s1. The normalized spacial score (nSPS) is 20.8. The predicted octanol–water partition coefficient (Wildman–Crippen LogP) is 3.15. The fraction of sp³-hybridized carbons (Fsp3) is 0.667. The van der Waals surface area contributed by atoms with E-state index in [9.17, 15) is 5.11 Å². The van der Waals surface area contributed by atoms with Gasteiger partial charge in [-0.2, -0.15) is 0 Å². The molecule has 1 atom stereocenters. The number of rotatable bonds is 3. The lowest BCUT2D eigenvalue weighted by atomic mass is 9.78. The van der Waals surface area contributed by atoms with E-state index in [0.29, 0.717) is 5.41 Å². The van der Waals surface area contributed by atoms with E-state index in [4.69, 9.17) is 0 Å². The van der Waals surface area contributed by atoms with Crippen LogP contribution in [0.2, 0.25) is 0 Å². The Morgan fingerprint density at radius 2 is 2.11 bits per heavy atom. The summed E-state index contributed by atoms with van der Waals surface area (Å²) in [6.07, 6.45) is 5.08. The first kappa shape index (κ1) is 13.3. The Bertz CT molecular complexity index is 395. The summed E-state index contributed by atoms with van der Waals surface area (Å²) in [5.41, 5.74) is 1.45. The number of aliphatic hydroxyl groups excluding tert-OH is 1. The van der Waals surface area contributed by atoms with Crippen LogP contribution in [0.5, 0.6) is 0 Å². The van der Waals surface area contributed by atoms with E-state index in [-0.39, 0.29) is 0 Å². The number of nitrogens with zero attached hydrogens (tertiary/aromatic N) is 2. The molecule has 2 heterocycles. The lowest BCUT2D eigenvalue weighted by Crippen LogP contribution is -2.38. The van der Waals surface area contributed by atoms with Gasteiger partial charge in [0.2, 0.25) is 0 Å². The molecule has 0 unspecified atom stereocenters. The summed E-state index contributed by atoms with van der Waals surface area (Å²) < 4.78 is 0. The van der Waals surface area contributed by atoms with Crippen molar-refractivity contribution >= 4 is 5.82 Å². The van der Waals surface area contributed by atoms with Crippen LogP contribution in [-0.2, 0) is 0 Å². The molecular formula is C15H24N2O. The molecule has 100 valence electrons. The summed E-state index contributed by atoms with van der Waals surface area (Å²) >= 11 is 0. The maximum absolute atomic E-state index is 9.62. The van der Waals surface area contributed by atoms with Crippen molar-refractivity contribution in [1.82, 2.24) is 4.98 Å². The zero-order chi connectivity index (χ0) is 13.2. The molecule has 0 aliphatic carbocycles. The molecule has 3 heteroatoms. The first-order chi connectivity index (χ1) is 8.54. The van der Waals surface area contributed by atoms with Gasteiger partial charge in [-0.25, -0.2) is 4.98 Å². The highest BCUT2D eigenvalue weighted by Gasteiger charge is 2.28. The van der Waals surface area contributed by atoms with Gasteiger partial charge in [0, 0.05) is 19.3 Å². The molecule has 1 aromatic rings. The molecule has 1 N–H and O–H groups in total. The van der Waals surface area contributed by atoms with E-state index in [1.54, 1.807) is 13.1 Å². The second-order valence-corrected chi connectivity index (χ2v) is 5.77. The molecule has 1 aromatic heterocycles. The van der Waals surface area contributed by atoms with Crippen LogP contribution in [0.1, 0.15) is 51.7 Å². The molecule has 0 aromatic carbocycles. The Morgan fingerprint density at radius 1 is 1.44 bits per heavy atom. The molecule has 18 heavy (non-hydrogen) atoms. The van der Waals surface area contributed by atoms with Crippen molar-refractivity contribution in [3.63, 3.8) is 0 Å². The van der Waals surface area contributed by atoms with Gasteiger partial charge in [-0.1, -0.05) is 20.3 Å². The monoisotopic (exact) mass is 248 g/mol. The molecule has 1 fully saturated rings. The lowest BCUT2D eigenvalue weighted by molar-refractivity contribution is 0.199. The maximum atomic E-state index is 9.62. The molecular weight excluding hydrogens is 224 g/mol. The molecule has 0 amide bonds. The van der Waals surface area contributed by atoms with E-state index in [1.165, 1.54) is 19.3 Å². The average molecular weight is 248 g/mol. The zero-order valence-electron chi connectivity index (χ0n) is 11.7. The Balaban J connectivity index is 2.07. The SMILES string of the molecule is CCC1(C)CCN(c2cc([C@H](C)O)ccn2)CC1. The van der Waals surface area contributed by atoms with Gasteiger partial charge >= 0.3 is 0 Å². The van der Waals surface area contributed by atoms with Gasteiger partial charge in [0.25, 0.3) is 0 Å². The minimum Gasteiger partial charge on any atom is -0.389 e. The van der Waals surface area contributed by atoms with Gasteiger partial charge in [-0.15, -0.1) is 0 Å². The Morgan fingerprint density at radius 3 is 2.67 bits per heavy atom. The number of aliphatic hydroxyl groups is 1. The lowest BCUT2D eigenvalue weighted by Gasteiger charge is -2.39. The molecule has 2 rings (SSSR count). The van der Waals surface area contributed by atoms with Gasteiger partial charge in [0.05, 0.1) is 6.10 Å². The number of hydrogen-bond donors (Lipinski definition) is 1. The third-order valence-electron chi connectivity index (χ3n) is 4.40. The van der Waals surface area contributed by atoms with Crippen molar-refractivity contribution in [3.8, 4) is 0 Å².